The Balaban J connectivity index is 2.35. The van der Waals surface area contributed by atoms with Crippen LogP contribution in [-0.4, -0.2) is 30.7 Å². The molecule has 0 aliphatic rings. The summed E-state index contributed by atoms with van der Waals surface area (Å²) in [6.07, 6.45) is 2.52. The minimum absolute atomic E-state index is 0.425. The molecule has 1 aromatic heterocycles. The van der Waals surface area contributed by atoms with Gasteiger partial charge in [0.15, 0.2) is 6.29 Å². The molecule has 16 heavy (non-hydrogen) atoms. The summed E-state index contributed by atoms with van der Waals surface area (Å²) >= 11 is 2.04. The molecule has 0 saturated heterocycles. The number of aromatic nitrogens is 2. The average molecular weight is 352 g/mol. The van der Waals surface area contributed by atoms with Crippen LogP contribution in [-0.2, 0) is 11.5 Å². The topological polar surface area (TPSA) is 44.1 Å². The lowest BCUT2D eigenvalue weighted by Gasteiger charge is -2.15. The first-order chi connectivity index (χ1) is 7.42. The fraction of sp³-hybridized carbons (Fsp3) is 0.600. The summed E-state index contributed by atoms with van der Waals surface area (Å²) in [7, 11) is -1.02. The zero-order valence-electron chi connectivity index (χ0n) is 9.86. The largest absolute Gasteiger partial charge is 0.360 e. The minimum Gasteiger partial charge on any atom is -0.360 e. The van der Waals surface area contributed by atoms with Crippen molar-refractivity contribution in [2.24, 2.45) is 0 Å². The van der Waals surface area contributed by atoms with Crippen molar-refractivity contribution in [1.29, 1.82) is 0 Å². The molecule has 0 aromatic carbocycles. The summed E-state index contributed by atoms with van der Waals surface area (Å²) in [4.78, 5) is 10.6. The molecular formula is C10H17IN2O2Si. The van der Waals surface area contributed by atoms with Crippen molar-refractivity contribution in [2.75, 3.05) is 6.61 Å². The quantitative estimate of drug-likeness (QED) is 0.342. The smallest absolute Gasteiger partial charge is 0.154 e. The van der Waals surface area contributed by atoms with Crippen LogP contribution in [0.15, 0.2) is 6.20 Å². The number of ether oxygens (including phenoxy) is 1. The van der Waals surface area contributed by atoms with E-state index in [2.05, 4.69) is 24.7 Å². The minimum atomic E-state index is -1.02. The first-order valence-corrected chi connectivity index (χ1v) is 9.97. The van der Waals surface area contributed by atoms with Crippen LogP contribution in [0.2, 0.25) is 25.7 Å². The maximum Gasteiger partial charge on any atom is 0.154 e. The van der Waals surface area contributed by atoms with Crippen molar-refractivity contribution >= 4 is 37.0 Å². The molecule has 0 atom stereocenters. The SMILES string of the molecule is C[Si](C)(C)CCOCn1cc(C=O)c(I)n1. The van der Waals surface area contributed by atoms with Crippen LogP contribution in [0.5, 0.6) is 0 Å². The number of hydrogen-bond acceptors (Lipinski definition) is 3. The Bertz CT molecular complexity index is 360. The molecule has 1 rings (SSSR count). The molecule has 6 heteroatoms. The zero-order valence-corrected chi connectivity index (χ0v) is 13.0. The van der Waals surface area contributed by atoms with Gasteiger partial charge in [-0.25, -0.2) is 4.68 Å². The second kappa shape index (κ2) is 5.92. The van der Waals surface area contributed by atoms with E-state index in [0.717, 1.165) is 22.6 Å². The second-order valence-corrected chi connectivity index (χ2v) is 11.5. The highest BCUT2D eigenvalue weighted by molar-refractivity contribution is 14.1. The van der Waals surface area contributed by atoms with Gasteiger partial charge < -0.3 is 4.74 Å². The van der Waals surface area contributed by atoms with Gasteiger partial charge in [-0.2, -0.15) is 5.10 Å². The van der Waals surface area contributed by atoms with E-state index in [1.165, 1.54) is 0 Å². The highest BCUT2D eigenvalue weighted by atomic mass is 127. The van der Waals surface area contributed by atoms with Crippen LogP contribution in [0.25, 0.3) is 0 Å². The van der Waals surface area contributed by atoms with Crippen molar-refractivity contribution < 1.29 is 9.53 Å². The molecule has 0 aliphatic heterocycles. The zero-order chi connectivity index (χ0) is 12.2. The Labute approximate surface area is 111 Å². The number of carbonyl (C=O) groups is 1. The van der Waals surface area contributed by atoms with Gasteiger partial charge in [0.25, 0.3) is 0 Å². The molecule has 0 spiro atoms. The normalized spacial score (nSPS) is 11.8. The summed E-state index contributed by atoms with van der Waals surface area (Å²) in [5, 5.41) is 4.17. The van der Waals surface area contributed by atoms with E-state index in [1.807, 2.05) is 22.6 Å². The Morgan fingerprint density at radius 1 is 1.56 bits per heavy atom. The van der Waals surface area contributed by atoms with Crippen molar-refractivity contribution in [2.45, 2.75) is 32.4 Å². The number of rotatable bonds is 6. The Morgan fingerprint density at radius 2 is 2.25 bits per heavy atom. The van der Waals surface area contributed by atoms with Gasteiger partial charge in [-0.1, -0.05) is 19.6 Å². The molecule has 1 aromatic rings. The maximum absolute atomic E-state index is 10.6. The number of nitrogens with zero attached hydrogens (tertiary/aromatic N) is 2. The molecule has 0 bridgehead atoms. The summed E-state index contributed by atoms with van der Waals surface area (Å²) in [5.74, 6) is 0. The van der Waals surface area contributed by atoms with Gasteiger partial charge in [-0.05, 0) is 28.6 Å². The first-order valence-electron chi connectivity index (χ1n) is 5.18. The van der Waals surface area contributed by atoms with Gasteiger partial charge in [0.1, 0.15) is 10.4 Å². The van der Waals surface area contributed by atoms with E-state index < -0.39 is 8.07 Å². The molecule has 4 nitrogen and oxygen atoms in total. The Kier molecular flexibility index (Phi) is 5.13. The third-order valence-electron chi connectivity index (χ3n) is 2.09. The van der Waals surface area contributed by atoms with Gasteiger partial charge >= 0.3 is 0 Å². The van der Waals surface area contributed by atoms with Crippen molar-refractivity contribution in [1.82, 2.24) is 9.78 Å². The van der Waals surface area contributed by atoms with Crippen molar-refractivity contribution in [3.05, 3.63) is 15.5 Å². The molecule has 90 valence electrons. The van der Waals surface area contributed by atoms with Crippen LogP contribution in [0.3, 0.4) is 0 Å². The number of hydrogen-bond donors (Lipinski definition) is 0. The Hall–Kier alpha value is -0.213. The number of halogens is 1. The van der Waals surface area contributed by atoms with Gasteiger partial charge in [-0.3, -0.25) is 4.79 Å². The molecule has 0 saturated carbocycles. The average Bonchev–Trinajstić information content (AvgIpc) is 2.52. The maximum atomic E-state index is 10.6. The highest BCUT2D eigenvalue weighted by Crippen LogP contribution is 2.09. The van der Waals surface area contributed by atoms with Crippen LogP contribution in [0.1, 0.15) is 10.4 Å². The monoisotopic (exact) mass is 352 g/mol. The molecule has 0 aliphatic carbocycles. The Morgan fingerprint density at radius 3 is 2.75 bits per heavy atom. The lowest BCUT2D eigenvalue weighted by molar-refractivity contribution is 0.0783. The third kappa shape index (κ3) is 4.75. The van der Waals surface area contributed by atoms with Crippen molar-refractivity contribution in [3.63, 3.8) is 0 Å². The number of carbonyl (C=O) groups excluding carboxylic acids is 1. The van der Waals surface area contributed by atoms with Crippen LogP contribution < -0.4 is 0 Å². The van der Waals surface area contributed by atoms with Crippen LogP contribution in [0, 0.1) is 3.70 Å². The summed E-state index contributed by atoms with van der Waals surface area (Å²) in [6, 6.07) is 1.14. The van der Waals surface area contributed by atoms with Gasteiger partial charge in [0.2, 0.25) is 0 Å². The van der Waals surface area contributed by atoms with E-state index in [9.17, 15) is 4.79 Å². The molecule has 1 heterocycles. The molecular weight excluding hydrogens is 335 g/mol. The molecule has 0 radical (unpaired) electrons. The van der Waals surface area contributed by atoms with E-state index in [1.54, 1.807) is 10.9 Å². The van der Waals surface area contributed by atoms with E-state index >= 15 is 0 Å². The summed E-state index contributed by atoms with van der Waals surface area (Å²) in [5.41, 5.74) is 0.620. The molecule has 0 amide bonds. The molecule has 0 fully saturated rings. The molecule has 0 unspecified atom stereocenters. The third-order valence-corrected chi connectivity index (χ3v) is 4.63. The lowest BCUT2D eigenvalue weighted by atomic mass is 10.4. The van der Waals surface area contributed by atoms with Crippen molar-refractivity contribution in [3.8, 4) is 0 Å². The van der Waals surface area contributed by atoms with E-state index in [4.69, 9.17) is 4.74 Å². The predicted octanol–water partition coefficient (Wildman–Crippen LogP) is 2.61. The lowest BCUT2D eigenvalue weighted by Crippen LogP contribution is -2.22. The highest BCUT2D eigenvalue weighted by Gasteiger charge is 2.12. The van der Waals surface area contributed by atoms with Gasteiger partial charge in [0.05, 0.1) is 5.56 Å². The summed E-state index contributed by atoms with van der Waals surface area (Å²) in [6.45, 7) is 8.14. The number of aldehydes is 1. The fourth-order valence-corrected chi connectivity index (χ4v) is 2.40. The van der Waals surface area contributed by atoms with Crippen LogP contribution >= 0.6 is 22.6 Å². The summed E-state index contributed by atoms with van der Waals surface area (Å²) < 4.78 is 7.91. The van der Waals surface area contributed by atoms with E-state index in [-0.39, 0.29) is 0 Å². The standard InChI is InChI=1S/C10H17IN2O2Si/c1-16(2,3)5-4-15-8-13-6-9(7-14)10(11)12-13/h6-7H,4-5,8H2,1-3H3. The first kappa shape index (κ1) is 13.9. The van der Waals surface area contributed by atoms with Gasteiger partial charge in [-0.15, -0.1) is 0 Å². The second-order valence-electron chi connectivity index (χ2n) is 4.88. The van der Waals surface area contributed by atoms with Gasteiger partial charge in [0, 0.05) is 20.9 Å². The predicted molar refractivity (Wildman–Crippen MR) is 74.4 cm³/mol. The fourth-order valence-electron chi connectivity index (χ4n) is 1.09. The van der Waals surface area contributed by atoms with E-state index in [0.29, 0.717) is 12.3 Å². The molecule has 0 N–H and O–H groups in total. The van der Waals surface area contributed by atoms with Crippen LogP contribution in [0.4, 0.5) is 0 Å².